The van der Waals surface area contributed by atoms with Gasteiger partial charge in [0.25, 0.3) is 0 Å². The van der Waals surface area contributed by atoms with Crippen molar-refractivity contribution in [3.63, 3.8) is 0 Å². The third-order valence-corrected chi connectivity index (χ3v) is 3.47. The molecule has 1 aromatic rings. The van der Waals surface area contributed by atoms with Crippen LogP contribution in [0.2, 0.25) is 0 Å². The number of nitrogens with zero attached hydrogens (tertiary/aromatic N) is 1. The van der Waals surface area contributed by atoms with Crippen LogP contribution in [0.25, 0.3) is 0 Å². The third-order valence-electron chi connectivity index (χ3n) is 3.47. The topological polar surface area (TPSA) is 24.9 Å². The van der Waals surface area contributed by atoms with Crippen molar-refractivity contribution in [3.05, 3.63) is 24.1 Å². The second-order valence-corrected chi connectivity index (χ2v) is 5.07. The summed E-state index contributed by atoms with van der Waals surface area (Å²) in [6.45, 7) is 3.20. The van der Waals surface area contributed by atoms with E-state index >= 15 is 0 Å². The molecule has 3 heteroatoms. The molecule has 2 nitrogen and oxygen atoms in total. The van der Waals surface area contributed by atoms with Crippen LogP contribution in [-0.4, -0.2) is 11.5 Å². The molecule has 0 amide bonds. The monoisotopic (exact) mass is 222 g/mol. The van der Waals surface area contributed by atoms with Crippen molar-refractivity contribution in [1.29, 1.82) is 0 Å². The van der Waals surface area contributed by atoms with Crippen molar-refractivity contribution in [3.8, 4) is 0 Å². The molecule has 1 aliphatic rings. The molecule has 1 N–H and O–H groups in total. The van der Waals surface area contributed by atoms with E-state index in [-0.39, 0.29) is 0 Å². The van der Waals surface area contributed by atoms with Crippen LogP contribution in [0.15, 0.2) is 18.2 Å². The molecule has 0 atom stereocenters. The van der Waals surface area contributed by atoms with Crippen LogP contribution in [0.5, 0.6) is 0 Å². The lowest BCUT2D eigenvalue weighted by Gasteiger charge is -2.33. The second-order valence-electron chi connectivity index (χ2n) is 5.07. The number of nitrogens with one attached hydrogen (secondary N) is 1. The molecule has 1 heterocycles. The van der Waals surface area contributed by atoms with E-state index in [0.29, 0.717) is 11.2 Å². The summed E-state index contributed by atoms with van der Waals surface area (Å²) in [7, 11) is 0. The first kappa shape index (κ1) is 11.4. The molecule has 2 rings (SSSR count). The quantitative estimate of drug-likeness (QED) is 0.790. The van der Waals surface area contributed by atoms with Gasteiger partial charge in [0.15, 0.2) is 0 Å². The molecule has 0 aromatic carbocycles. The fourth-order valence-electron chi connectivity index (χ4n) is 2.39. The molecule has 0 aliphatic heterocycles. The zero-order valence-electron chi connectivity index (χ0n) is 9.80. The van der Waals surface area contributed by atoms with Crippen LogP contribution in [0.4, 0.5) is 10.2 Å². The van der Waals surface area contributed by atoms with E-state index in [9.17, 15) is 4.39 Å². The summed E-state index contributed by atoms with van der Waals surface area (Å²) in [5, 5.41) is 3.24. The molecule has 1 aromatic heterocycles. The predicted octanol–water partition coefficient (Wildman–Crippen LogP) is 3.60. The van der Waals surface area contributed by atoms with E-state index < -0.39 is 5.95 Å². The van der Waals surface area contributed by atoms with E-state index in [2.05, 4.69) is 17.2 Å². The lowest BCUT2D eigenvalue weighted by Crippen LogP contribution is -2.29. The van der Waals surface area contributed by atoms with E-state index in [4.69, 9.17) is 0 Å². The Morgan fingerprint density at radius 3 is 2.75 bits per heavy atom. The molecular formula is C13H19FN2. The molecule has 88 valence electrons. The number of anilines is 1. The Kier molecular flexibility index (Phi) is 3.42. The lowest BCUT2D eigenvalue weighted by atomic mass is 9.76. The van der Waals surface area contributed by atoms with E-state index in [1.165, 1.54) is 38.2 Å². The molecule has 1 aliphatic carbocycles. The summed E-state index contributed by atoms with van der Waals surface area (Å²) in [6, 6.07) is 4.87. The Hall–Kier alpha value is -1.12. The molecule has 0 bridgehead atoms. The average molecular weight is 222 g/mol. The highest BCUT2D eigenvalue weighted by atomic mass is 19.1. The van der Waals surface area contributed by atoms with E-state index in [1.54, 1.807) is 6.07 Å². The Morgan fingerprint density at radius 2 is 2.06 bits per heavy atom. The maximum atomic E-state index is 12.9. The van der Waals surface area contributed by atoms with Crippen molar-refractivity contribution < 1.29 is 4.39 Å². The Bertz CT molecular complexity index is 346. The normalized spacial score (nSPS) is 19.4. The molecule has 1 saturated carbocycles. The maximum absolute atomic E-state index is 12.9. The number of hydrogen-bond donors (Lipinski definition) is 1. The number of rotatable bonds is 3. The van der Waals surface area contributed by atoms with E-state index in [0.717, 1.165) is 6.54 Å². The number of aromatic nitrogens is 1. The van der Waals surface area contributed by atoms with Crippen LogP contribution < -0.4 is 5.32 Å². The van der Waals surface area contributed by atoms with Crippen molar-refractivity contribution in [2.24, 2.45) is 5.41 Å². The number of halogens is 1. The zero-order chi connectivity index (χ0) is 11.4. The summed E-state index contributed by atoms with van der Waals surface area (Å²) in [5.74, 6) is 0.227. The standard InChI is InChI=1S/C13H19FN2/c1-13(8-3-2-4-9-13)10-15-12-7-5-6-11(14)16-12/h5-7H,2-4,8-10H2,1H3,(H,15,16). The highest BCUT2D eigenvalue weighted by Crippen LogP contribution is 2.35. The van der Waals surface area contributed by atoms with Gasteiger partial charge in [-0.1, -0.05) is 32.3 Å². The maximum Gasteiger partial charge on any atom is 0.214 e. The lowest BCUT2D eigenvalue weighted by molar-refractivity contribution is 0.233. The summed E-state index contributed by atoms with van der Waals surface area (Å²) in [6.07, 6.45) is 6.50. The number of hydrogen-bond acceptors (Lipinski definition) is 2. The summed E-state index contributed by atoms with van der Waals surface area (Å²) < 4.78 is 12.9. The van der Waals surface area contributed by atoms with Crippen molar-refractivity contribution in [2.75, 3.05) is 11.9 Å². The Morgan fingerprint density at radius 1 is 1.31 bits per heavy atom. The third kappa shape index (κ3) is 2.94. The fraction of sp³-hybridized carbons (Fsp3) is 0.615. The van der Waals surface area contributed by atoms with Gasteiger partial charge in [0.1, 0.15) is 5.82 Å². The van der Waals surface area contributed by atoms with Gasteiger partial charge in [-0.25, -0.2) is 4.98 Å². The van der Waals surface area contributed by atoms with Crippen molar-refractivity contribution in [2.45, 2.75) is 39.0 Å². The van der Waals surface area contributed by atoms with Gasteiger partial charge in [0.05, 0.1) is 0 Å². The average Bonchev–Trinajstić information content (AvgIpc) is 2.28. The molecule has 0 spiro atoms. The highest BCUT2D eigenvalue weighted by molar-refractivity contribution is 5.33. The minimum Gasteiger partial charge on any atom is -0.369 e. The highest BCUT2D eigenvalue weighted by Gasteiger charge is 2.26. The second kappa shape index (κ2) is 4.81. The van der Waals surface area contributed by atoms with Crippen molar-refractivity contribution in [1.82, 2.24) is 4.98 Å². The van der Waals surface area contributed by atoms with Gasteiger partial charge in [-0.15, -0.1) is 0 Å². The van der Waals surface area contributed by atoms with Crippen LogP contribution in [0, 0.1) is 11.4 Å². The van der Waals surface area contributed by atoms with Gasteiger partial charge in [0, 0.05) is 6.54 Å². The summed E-state index contributed by atoms with van der Waals surface area (Å²) >= 11 is 0. The molecule has 0 saturated heterocycles. The first-order chi connectivity index (χ1) is 7.68. The summed E-state index contributed by atoms with van der Waals surface area (Å²) in [4.78, 5) is 3.81. The molecular weight excluding hydrogens is 203 g/mol. The first-order valence-electron chi connectivity index (χ1n) is 6.04. The molecule has 0 radical (unpaired) electrons. The van der Waals surface area contributed by atoms with E-state index in [1.807, 2.05) is 6.07 Å². The van der Waals surface area contributed by atoms with Crippen LogP contribution >= 0.6 is 0 Å². The van der Waals surface area contributed by atoms with Crippen LogP contribution in [-0.2, 0) is 0 Å². The van der Waals surface area contributed by atoms with Crippen LogP contribution in [0.3, 0.4) is 0 Å². The molecule has 16 heavy (non-hydrogen) atoms. The molecule has 0 unspecified atom stereocenters. The van der Waals surface area contributed by atoms with Crippen molar-refractivity contribution >= 4 is 5.82 Å². The summed E-state index contributed by atoms with van der Waals surface area (Å²) in [5.41, 5.74) is 0.353. The van der Waals surface area contributed by atoms with Gasteiger partial charge < -0.3 is 5.32 Å². The Balaban J connectivity index is 1.91. The van der Waals surface area contributed by atoms with Gasteiger partial charge in [-0.05, 0) is 30.4 Å². The first-order valence-corrected chi connectivity index (χ1v) is 6.04. The predicted molar refractivity (Wildman–Crippen MR) is 63.9 cm³/mol. The minimum absolute atomic E-state index is 0.353. The zero-order valence-corrected chi connectivity index (χ0v) is 9.80. The SMILES string of the molecule is CC1(CNc2cccc(F)n2)CCCCC1. The molecule has 1 fully saturated rings. The van der Waals surface area contributed by atoms with Crippen LogP contribution in [0.1, 0.15) is 39.0 Å². The smallest absolute Gasteiger partial charge is 0.214 e. The van der Waals surface area contributed by atoms with Gasteiger partial charge in [0.2, 0.25) is 5.95 Å². The van der Waals surface area contributed by atoms with Gasteiger partial charge >= 0.3 is 0 Å². The minimum atomic E-state index is -0.418. The Labute approximate surface area is 96.3 Å². The largest absolute Gasteiger partial charge is 0.369 e. The number of pyridine rings is 1. The fourth-order valence-corrected chi connectivity index (χ4v) is 2.39. The van der Waals surface area contributed by atoms with Gasteiger partial charge in [-0.2, -0.15) is 4.39 Å². The van der Waals surface area contributed by atoms with Gasteiger partial charge in [-0.3, -0.25) is 0 Å².